The van der Waals surface area contributed by atoms with Crippen molar-refractivity contribution in [3.05, 3.63) is 11.8 Å². The molecule has 2 N–H and O–H groups in total. The lowest BCUT2D eigenvalue weighted by atomic mass is 9.93. The summed E-state index contributed by atoms with van der Waals surface area (Å²) in [5, 5.41) is 9.82. The largest absolute Gasteiger partial charge is 0.360 e. The molecule has 1 aromatic rings. The number of carbonyl (C=O) groups is 1. The Morgan fingerprint density at radius 2 is 2.56 bits per heavy atom. The molecule has 0 spiro atoms. The maximum absolute atomic E-state index is 12.1. The monoisotopic (exact) mass is 223 g/mol. The van der Waals surface area contributed by atoms with E-state index in [2.05, 4.69) is 15.8 Å². The quantitative estimate of drug-likeness (QED) is 0.814. The van der Waals surface area contributed by atoms with Crippen molar-refractivity contribution in [2.75, 3.05) is 11.9 Å². The zero-order chi connectivity index (χ0) is 11.6. The van der Waals surface area contributed by atoms with Crippen LogP contribution in [0.1, 0.15) is 31.9 Å². The van der Waals surface area contributed by atoms with E-state index in [4.69, 9.17) is 4.52 Å². The summed E-state index contributed by atoms with van der Waals surface area (Å²) in [6, 6.07) is 1.72. The molecule has 5 heteroatoms. The fraction of sp³-hybridized carbons (Fsp3) is 0.636. The van der Waals surface area contributed by atoms with E-state index in [1.165, 1.54) is 0 Å². The molecule has 1 atom stereocenters. The summed E-state index contributed by atoms with van der Waals surface area (Å²) >= 11 is 0. The van der Waals surface area contributed by atoms with Gasteiger partial charge < -0.3 is 15.2 Å². The van der Waals surface area contributed by atoms with Crippen molar-refractivity contribution in [3.63, 3.8) is 0 Å². The third-order valence-electron chi connectivity index (χ3n) is 3.15. The molecule has 16 heavy (non-hydrogen) atoms. The van der Waals surface area contributed by atoms with Gasteiger partial charge in [0.1, 0.15) is 5.76 Å². The maximum Gasteiger partial charge on any atom is 0.245 e. The van der Waals surface area contributed by atoms with Crippen LogP contribution in [-0.2, 0) is 4.79 Å². The summed E-state index contributed by atoms with van der Waals surface area (Å²) in [6.45, 7) is 4.72. The number of aromatic nitrogens is 1. The first-order valence-corrected chi connectivity index (χ1v) is 5.66. The van der Waals surface area contributed by atoms with Crippen LogP contribution in [0.3, 0.4) is 0 Å². The molecule has 1 amide bonds. The number of aryl methyl sites for hydroxylation is 1. The van der Waals surface area contributed by atoms with E-state index < -0.39 is 5.54 Å². The number of hydrogen-bond donors (Lipinski definition) is 2. The van der Waals surface area contributed by atoms with Crippen LogP contribution in [0.5, 0.6) is 0 Å². The van der Waals surface area contributed by atoms with Gasteiger partial charge in [-0.1, -0.05) is 12.1 Å². The van der Waals surface area contributed by atoms with Gasteiger partial charge in [0, 0.05) is 6.07 Å². The number of amides is 1. The minimum Gasteiger partial charge on any atom is -0.360 e. The average molecular weight is 223 g/mol. The number of anilines is 1. The van der Waals surface area contributed by atoms with Gasteiger partial charge in [0.25, 0.3) is 0 Å². The predicted octanol–water partition coefficient (Wildman–Crippen LogP) is 1.45. The molecule has 1 aromatic heterocycles. The van der Waals surface area contributed by atoms with Crippen LogP contribution in [0.2, 0.25) is 0 Å². The summed E-state index contributed by atoms with van der Waals surface area (Å²) in [4.78, 5) is 12.1. The Balaban J connectivity index is 2.07. The van der Waals surface area contributed by atoms with Crippen LogP contribution < -0.4 is 10.6 Å². The Morgan fingerprint density at radius 1 is 1.75 bits per heavy atom. The highest BCUT2D eigenvalue weighted by molar-refractivity contribution is 5.97. The van der Waals surface area contributed by atoms with E-state index >= 15 is 0 Å². The number of hydrogen-bond acceptors (Lipinski definition) is 4. The van der Waals surface area contributed by atoms with Crippen molar-refractivity contribution >= 4 is 11.7 Å². The van der Waals surface area contributed by atoms with Gasteiger partial charge in [-0.3, -0.25) is 4.79 Å². The molecule has 1 unspecified atom stereocenters. The molecule has 0 saturated carbocycles. The molecule has 1 saturated heterocycles. The maximum atomic E-state index is 12.1. The Morgan fingerprint density at radius 3 is 3.06 bits per heavy atom. The van der Waals surface area contributed by atoms with E-state index in [0.29, 0.717) is 11.6 Å². The third kappa shape index (κ3) is 1.95. The van der Waals surface area contributed by atoms with Crippen LogP contribution in [0.25, 0.3) is 0 Å². The summed E-state index contributed by atoms with van der Waals surface area (Å²) in [6.07, 6.45) is 2.71. The van der Waals surface area contributed by atoms with Gasteiger partial charge in [-0.05, 0) is 32.7 Å². The van der Waals surface area contributed by atoms with Crippen molar-refractivity contribution in [1.82, 2.24) is 10.5 Å². The molecule has 1 aliphatic heterocycles. The highest BCUT2D eigenvalue weighted by Crippen LogP contribution is 2.24. The summed E-state index contributed by atoms with van der Waals surface area (Å²) in [5.74, 6) is 1.17. The van der Waals surface area contributed by atoms with E-state index in [1.807, 2.05) is 6.92 Å². The van der Waals surface area contributed by atoms with Gasteiger partial charge in [-0.2, -0.15) is 0 Å². The molecule has 2 rings (SSSR count). The molecular formula is C11H17N3O2. The summed E-state index contributed by atoms with van der Waals surface area (Å²) in [5.41, 5.74) is -0.424. The van der Waals surface area contributed by atoms with Crippen LogP contribution in [0.15, 0.2) is 10.6 Å². The van der Waals surface area contributed by atoms with Gasteiger partial charge in [0.15, 0.2) is 5.82 Å². The highest BCUT2D eigenvalue weighted by Gasteiger charge is 2.39. The van der Waals surface area contributed by atoms with E-state index in [9.17, 15) is 4.79 Å². The lowest BCUT2D eigenvalue weighted by molar-refractivity contribution is -0.122. The number of carbonyl (C=O) groups excluding carboxylic acids is 1. The molecular weight excluding hydrogens is 206 g/mol. The minimum atomic E-state index is -0.424. The Hall–Kier alpha value is -1.36. The topological polar surface area (TPSA) is 67.2 Å². The summed E-state index contributed by atoms with van der Waals surface area (Å²) < 4.78 is 4.91. The number of nitrogens with zero attached hydrogens (tertiary/aromatic N) is 1. The normalized spacial score (nSPS) is 24.6. The van der Waals surface area contributed by atoms with Crippen LogP contribution in [0, 0.1) is 6.92 Å². The molecule has 88 valence electrons. The van der Waals surface area contributed by atoms with Gasteiger partial charge in [0.2, 0.25) is 5.91 Å². The summed E-state index contributed by atoms with van der Waals surface area (Å²) in [7, 11) is 0. The standard InChI is InChI=1S/C11H17N3O2/c1-3-11(5-4-6-12-11)10(15)13-9-7-8(2)16-14-9/h7,12H,3-6H2,1-2H3,(H,13,14,15). The zero-order valence-corrected chi connectivity index (χ0v) is 9.67. The molecule has 2 heterocycles. The van der Waals surface area contributed by atoms with Crippen molar-refractivity contribution in [2.45, 2.75) is 38.6 Å². The first-order chi connectivity index (χ1) is 7.66. The second-order valence-electron chi connectivity index (χ2n) is 4.24. The van der Waals surface area contributed by atoms with Crippen LogP contribution in [0.4, 0.5) is 5.82 Å². The Kier molecular flexibility index (Phi) is 2.96. The second kappa shape index (κ2) is 4.25. The van der Waals surface area contributed by atoms with E-state index in [-0.39, 0.29) is 5.91 Å². The van der Waals surface area contributed by atoms with E-state index in [0.717, 1.165) is 25.8 Å². The Bertz CT molecular complexity index is 380. The third-order valence-corrected chi connectivity index (χ3v) is 3.15. The molecule has 5 nitrogen and oxygen atoms in total. The van der Waals surface area contributed by atoms with Gasteiger partial charge in [-0.25, -0.2) is 0 Å². The average Bonchev–Trinajstić information content (AvgIpc) is 2.88. The first kappa shape index (κ1) is 11.1. The lowest BCUT2D eigenvalue weighted by Gasteiger charge is -2.25. The number of nitrogens with one attached hydrogen (secondary N) is 2. The second-order valence-corrected chi connectivity index (χ2v) is 4.24. The highest BCUT2D eigenvalue weighted by atomic mass is 16.5. The van der Waals surface area contributed by atoms with Crippen LogP contribution in [-0.4, -0.2) is 23.1 Å². The smallest absolute Gasteiger partial charge is 0.245 e. The molecule has 1 aliphatic rings. The van der Waals surface area contributed by atoms with Crippen molar-refractivity contribution in [2.24, 2.45) is 0 Å². The molecule has 0 aromatic carbocycles. The first-order valence-electron chi connectivity index (χ1n) is 5.66. The fourth-order valence-electron chi connectivity index (χ4n) is 2.12. The zero-order valence-electron chi connectivity index (χ0n) is 9.67. The van der Waals surface area contributed by atoms with Gasteiger partial charge >= 0.3 is 0 Å². The SMILES string of the molecule is CCC1(C(=O)Nc2cc(C)on2)CCCN1. The van der Waals surface area contributed by atoms with Gasteiger partial charge in [-0.15, -0.1) is 0 Å². The molecule has 0 radical (unpaired) electrons. The predicted molar refractivity (Wildman–Crippen MR) is 60.1 cm³/mol. The Labute approximate surface area is 94.6 Å². The lowest BCUT2D eigenvalue weighted by Crippen LogP contribution is -2.50. The fourth-order valence-corrected chi connectivity index (χ4v) is 2.12. The minimum absolute atomic E-state index is 0.0131. The van der Waals surface area contributed by atoms with Gasteiger partial charge in [0.05, 0.1) is 5.54 Å². The van der Waals surface area contributed by atoms with Crippen molar-refractivity contribution in [1.29, 1.82) is 0 Å². The molecule has 1 fully saturated rings. The van der Waals surface area contributed by atoms with Crippen molar-refractivity contribution < 1.29 is 9.32 Å². The van der Waals surface area contributed by atoms with Crippen molar-refractivity contribution in [3.8, 4) is 0 Å². The molecule has 0 bridgehead atoms. The van der Waals surface area contributed by atoms with E-state index in [1.54, 1.807) is 13.0 Å². The number of rotatable bonds is 3. The molecule has 0 aliphatic carbocycles. The van der Waals surface area contributed by atoms with Crippen LogP contribution >= 0.6 is 0 Å².